The van der Waals surface area contributed by atoms with E-state index in [1.165, 1.54) is 30.5 Å². The lowest BCUT2D eigenvalue weighted by molar-refractivity contribution is -0.274. The van der Waals surface area contributed by atoms with Gasteiger partial charge in [-0.25, -0.2) is 12.7 Å². The van der Waals surface area contributed by atoms with Gasteiger partial charge in [0.2, 0.25) is 15.9 Å². The summed E-state index contributed by atoms with van der Waals surface area (Å²) in [6.07, 6.45) is -4.01. The molecule has 3 rings (SSSR count). The fourth-order valence-corrected chi connectivity index (χ4v) is 5.97. The molecule has 2 fully saturated rings. The zero-order valence-corrected chi connectivity index (χ0v) is 17.0. The molecular formula is C18H24F3N3O4S. The monoisotopic (exact) mass is 435 g/mol. The van der Waals surface area contributed by atoms with Gasteiger partial charge in [0.1, 0.15) is 5.75 Å². The number of ether oxygens (including phenoxy) is 1. The van der Waals surface area contributed by atoms with E-state index in [0.717, 1.165) is 5.56 Å². The molecule has 11 heteroatoms. The lowest BCUT2D eigenvalue weighted by Crippen LogP contribution is -2.66. The van der Waals surface area contributed by atoms with Crippen molar-refractivity contribution in [2.75, 3.05) is 32.9 Å². The van der Waals surface area contributed by atoms with Crippen LogP contribution < -0.4 is 10.1 Å². The topological polar surface area (TPSA) is 79.0 Å². The molecule has 1 aromatic rings. The lowest BCUT2D eigenvalue weighted by Gasteiger charge is -2.52. The second-order valence-corrected chi connectivity index (χ2v) is 9.67. The number of benzene rings is 1. The molecule has 0 unspecified atom stereocenters. The van der Waals surface area contributed by atoms with Crippen LogP contribution in [0.25, 0.3) is 0 Å². The first-order valence-electron chi connectivity index (χ1n) is 9.22. The average Bonchev–Trinajstić information content (AvgIpc) is 2.65. The molecule has 1 amide bonds. The number of amides is 1. The summed E-state index contributed by atoms with van der Waals surface area (Å²) in [5, 5.41) is 2.68. The van der Waals surface area contributed by atoms with Gasteiger partial charge in [-0.05, 0) is 30.5 Å². The van der Waals surface area contributed by atoms with E-state index in [2.05, 4.69) is 10.1 Å². The zero-order chi connectivity index (χ0) is 21.4. The molecule has 2 aliphatic rings. The molecule has 2 aliphatic heterocycles. The first-order chi connectivity index (χ1) is 13.5. The van der Waals surface area contributed by atoms with Crippen molar-refractivity contribution in [2.24, 2.45) is 5.41 Å². The van der Waals surface area contributed by atoms with E-state index in [9.17, 15) is 26.4 Å². The van der Waals surface area contributed by atoms with E-state index in [4.69, 9.17) is 0 Å². The molecule has 0 radical (unpaired) electrons. The van der Waals surface area contributed by atoms with Gasteiger partial charge in [-0.3, -0.25) is 9.69 Å². The number of sulfonamides is 1. The molecule has 2 atom stereocenters. The number of hydrogen-bond acceptors (Lipinski definition) is 5. The van der Waals surface area contributed by atoms with E-state index in [1.54, 1.807) is 12.1 Å². The molecule has 29 heavy (non-hydrogen) atoms. The number of likely N-dealkylation sites (tertiary alicyclic amines) is 1. The molecule has 0 saturated carbocycles. The Balaban J connectivity index is 1.76. The van der Waals surface area contributed by atoms with Gasteiger partial charge in [0, 0.05) is 39.8 Å². The summed E-state index contributed by atoms with van der Waals surface area (Å²) in [5.41, 5.74) is -0.0753. The van der Waals surface area contributed by atoms with Crippen molar-refractivity contribution in [3.05, 3.63) is 29.8 Å². The zero-order valence-electron chi connectivity index (χ0n) is 16.2. The third-order valence-electron chi connectivity index (χ3n) is 5.79. The maximum atomic E-state index is 12.8. The first kappa shape index (κ1) is 21.8. The third-order valence-corrected chi connectivity index (χ3v) is 7.64. The summed E-state index contributed by atoms with van der Waals surface area (Å²) >= 11 is 0. The van der Waals surface area contributed by atoms with Crippen LogP contribution in [-0.2, 0) is 21.4 Å². The van der Waals surface area contributed by atoms with Crippen molar-refractivity contribution >= 4 is 15.9 Å². The van der Waals surface area contributed by atoms with Crippen LogP contribution >= 0.6 is 0 Å². The van der Waals surface area contributed by atoms with E-state index in [-0.39, 0.29) is 23.8 Å². The normalized spacial score (nSPS) is 27.8. The number of piperidine rings is 1. The van der Waals surface area contributed by atoms with Crippen LogP contribution in [0.5, 0.6) is 5.75 Å². The summed E-state index contributed by atoms with van der Waals surface area (Å²) < 4.78 is 66.7. The number of rotatable bonds is 4. The number of nitrogens with one attached hydrogen (secondary N) is 1. The highest BCUT2D eigenvalue weighted by Gasteiger charge is 2.55. The average molecular weight is 435 g/mol. The van der Waals surface area contributed by atoms with E-state index >= 15 is 0 Å². The van der Waals surface area contributed by atoms with Crippen LogP contribution in [0.4, 0.5) is 13.2 Å². The molecule has 1 N–H and O–H groups in total. The van der Waals surface area contributed by atoms with Crippen molar-refractivity contribution in [1.82, 2.24) is 14.5 Å². The molecule has 1 aromatic carbocycles. The quantitative estimate of drug-likeness (QED) is 0.777. The van der Waals surface area contributed by atoms with Crippen molar-refractivity contribution < 1.29 is 31.1 Å². The number of halogens is 3. The van der Waals surface area contributed by atoms with Crippen LogP contribution in [0.1, 0.15) is 18.4 Å². The van der Waals surface area contributed by atoms with Gasteiger partial charge in [-0.15, -0.1) is 13.2 Å². The molecule has 0 aromatic heterocycles. The van der Waals surface area contributed by atoms with Gasteiger partial charge < -0.3 is 10.1 Å². The summed E-state index contributed by atoms with van der Waals surface area (Å²) in [6.45, 7) is 1.39. The summed E-state index contributed by atoms with van der Waals surface area (Å²) in [6, 6.07) is 5.20. The number of carbonyl (C=O) groups is 1. The van der Waals surface area contributed by atoms with Crippen molar-refractivity contribution in [1.29, 1.82) is 0 Å². The number of fused-ring (bicyclic) bond motifs is 1. The van der Waals surface area contributed by atoms with Crippen LogP contribution in [0.15, 0.2) is 24.3 Å². The molecular weight excluding hydrogens is 411 g/mol. The van der Waals surface area contributed by atoms with Gasteiger partial charge in [-0.2, -0.15) is 0 Å². The molecule has 7 nitrogen and oxygen atoms in total. The molecule has 0 bridgehead atoms. The minimum absolute atomic E-state index is 0.0925. The third kappa shape index (κ3) is 4.51. The molecule has 0 aliphatic carbocycles. The minimum atomic E-state index is -4.74. The predicted molar refractivity (Wildman–Crippen MR) is 99.5 cm³/mol. The summed E-state index contributed by atoms with van der Waals surface area (Å²) in [5.74, 6) is -0.575. The molecule has 2 heterocycles. The second kappa shape index (κ2) is 7.77. The van der Waals surface area contributed by atoms with E-state index in [1.807, 2.05) is 4.90 Å². The first-order valence-corrected chi connectivity index (χ1v) is 10.8. The van der Waals surface area contributed by atoms with Gasteiger partial charge >= 0.3 is 6.36 Å². The van der Waals surface area contributed by atoms with E-state index < -0.39 is 27.8 Å². The Labute approximate surface area is 167 Å². The highest BCUT2D eigenvalue weighted by Crippen LogP contribution is 2.42. The summed E-state index contributed by atoms with van der Waals surface area (Å²) in [7, 11) is -0.322. The van der Waals surface area contributed by atoms with Gasteiger partial charge in [-0.1, -0.05) is 12.1 Å². The van der Waals surface area contributed by atoms with Gasteiger partial charge in [0.15, 0.2) is 0 Å². The number of carbonyl (C=O) groups excluding carboxylic acids is 1. The SMILES string of the molecule is CNC(=O)[C@]12CCS(=O)(=O)N(C)[C@@H]1CCN(Cc1ccc(OC(F)(F)F)cc1)C2. The Morgan fingerprint density at radius 3 is 2.55 bits per heavy atom. The molecule has 162 valence electrons. The maximum absolute atomic E-state index is 12.8. The van der Waals surface area contributed by atoms with Crippen molar-refractivity contribution in [2.45, 2.75) is 31.8 Å². The second-order valence-electron chi connectivity index (χ2n) is 7.52. The smallest absolute Gasteiger partial charge is 0.406 e. The van der Waals surface area contributed by atoms with Crippen molar-refractivity contribution in [3.63, 3.8) is 0 Å². The Morgan fingerprint density at radius 2 is 1.97 bits per heavy atom. The number of hydrogen-bond donors (Lipinski definition) is 1. The molecule has 2 saturated heterocycles. The highest BCUT2D eigenvalue weighted by atomic mass is 32.2. The largest absolute Gasteiger partial charge is 0.573 e. The number of alkyl halides is 3. The minimum Gasteiger partial charge on any atom is -0.406 e. The maximum Gasteiger partial charge on any atom is 0.573 e. The van der Waals surface area contributed by atoms with Crippen LogP contribution in [0.2, 0.25) is 0 Å². The fourth-order valence-electron chi connectivity index (χ4n) is 4.36. The number of nitrogens with zero attached hydrogens (tertiary/aromatic N) is 2. The predicted octanol–water partition coefficient (Wildman–Crippen LogP) is 1.56. The Hall–Kier alpha value is -1.85. The van der Waals surface area contributed by atoms with Gasteiger partial charge in [0.05, 0.1) is 11.2 Å². The van der Waals surface area contributed by atoms with Crippen LogP contribution in [0, 0.1) is 5.41 Å². The van der Waals surface area contributed by atoms with Crippen LogP contribution in [0.3, 0.4) is 0 Å². The fraction of sp³-hybridized carbons (Fsp3) is 0.611. The summed E-state index contributed by atoms with van der Waals surface area (Å²) in [4.78, 5) is 14.8. The standard InChI is InChI=1S/C18H24F3N3O4S/c1-22-16(25)17-8-10-29(26,27)23(2)15(17)7-9-24(12-17)11-13-3-5-14(6-4-13)28-18(19,20)21/h3-6,15H,7-12H2,1-2H3,(H,22,25)/t15-,17+/m1/s1. The van der Waals surface area contributed by atoms with Crippen molar-refractivity contribution in [3.8, 4) is 5.75 Å². The lowest BCUT2D eigenvalue weighted by atomic mass is 9.72. The van der Waals surface area contributed by atoms with Crippen LogP contribution in [-0.4, -0.2) is 68.9 Å². The Morgan fingerprint density at radius 1 is 1.31 bits per heavy atom. The van der Waals surface area contributed by atoms with E-state index in [0.29, 0.717) is 26.1 Å². The molecule has 0 spiro atoms. The Kier molecular flexibility index (Phi) is 5.85. The highest BCUT2D eigenvalue weighted by molar-refractivity contribution is 7.89. The Bertz CT molecular complexity index is 860. The van der Waals surface area contributed by atoms with Gasteiger partial charge in [0.25, 0.3) is 0 Å².